The Morgan fingerprint density at radius 3 is 2.68 bits per heavy atom. The number of hydrogen-bond acceptors (Lipinski definition) is 3. The molecule has 0 unspecified atom stereocenters. The zero-order valence-electron chi connectivity index (χ0n) is 10.5. The molecule has 0 spiro atoms. The molecule has 2 aromatic rings. The number of carbonyl (C=O) groups excluding carboxylic acids is 1. The molecule has 6 heteroatoms. The van der Waals surface area contributed by atoms with Crippen molar-refractivity contribution in [1.82, 2.24) is 9.78 Å². The second-order valence-electron chi connectivity index (χ2n) is 4.10. The van der Waals surface area contributed by atoms with Gasteiger partial charge in [0.1, 0.15) is 5.69 Å². The second-order valence-corrected chi connectivity index (χ2v) is 4.51. The summed E-state index contributed by atoms with van der Waals surface area (Å²) in [4.78, 5) is 23.1. The van der Waals surface area contributed by atoms with Crippen LogP contribution >= 0.6 is 11.6 Å². The number of amides is 1. The van der Waals surface area contributed by atoms with Crippen LogP contribution in [0.2, 0.25) is 5.02 Å². The molecule has 1 aromatic carbocycles. The molecule has 5 nitrogen and oxygen atoms in total. The van der Waals surface area contributed by atoms with Crippen LogP contribution in [0, 0.1) is 6.92 Å². The van der Waals surface area contributed by atoms with Crippen LogP contribution in [0.5, 0.6) is 0 Å². The Hall–Kier alpha value is -2.14. The normalized spacial score (nSPS) is 10.3. The van der Waals surface area contributed by atoms with E-state index in [1.54, 1.807) is 12.1 Å². The number of aromatic nitrogens is 2. The van der Waals surface area contributed by atoms with Crippen molar-refractivity contribution in [2.24, 2.45) is 7.05 Å². The Kier molecular flexibility index (Phi) is 3.66. The van der Waals surface area contributed by atoms with Crippen molar-refractivity contribution < 1.29 is 4.79 Å². The van der Waals surface area contributed by atoms with Crippen LogP contribution in [0.1, 0.15) is 16.1 Å². The average molecular weight is 278 g/mol. The fraction of sp³-hybridized carbons (Fsp3) is 0.154. The third kappa shape index (κ3) is 3.00. The monoisotopic (exact) mass is 277 g/mol. The van der Waals surface area contributed by atoms with E-state index in [1.807, 2.05) is 13.0 Å². The average Bonchev–Trinajstić information content (AvgIpc) is 2.37. The van der Waals surface area contributed by atoms with Crippen molar-refractivity contribution in [3.8, 4) is 0 Å². The standard InChI is InChI=1S/C13H12ClN3O2/c1-8-3-4-9(7-10(8)14)15-13(19)11-5-6-12(18)17(2)16-11/h3-7H,1-2H3,(H,15,19). The van der Waals surface area contributed by atoms with Crippen molar-refractivity contribution in [2.45, 2.75) is 6.92 Å². The molecule has 0 radical (unpaired) electrons. The number of halogens is 1. The minimum atomic E-state index is -0.393. The summed E-state index contributed by atoms with van der Waals surface area (Å²) in [6.07, 6.45) is 0. The molecule has 1 heterocycles. The lowest BCUT2D eigenvalue weighted by Crippen LogP contribution is -2.23. The first-order chi connectivity index (χ1) is 8.97. The van der Waals surface area contributed by atoms with Gasteiger partial charge in [-0.15, -0.1) is 0 Å². The molecular weight excluding hydrogens is 266 g/mol. The summed E-state index contributed by atoms with van der Waals surface area (Å²) in [6.45, 7) is 1.88. The smallest absolute Gasteiger partial charge is 0.276 e. The third-order valence-corrected chi connectivity index (χ3v) is 3.03. The summed E-state index contributed by atoms with van der Waals surface area (Å²) in [5.74, 6) is -0.393. The first-order valence-corrected chi connectivity index (χ1v) is 5.97. The van der Waals surface area contributed by atoms with E-state index in [2.05, 4.69) is 10.4 Å². The number of hydrogen-bond donors (Lipinski definition) is 1. The van der Waals surface area contributed by atoms with Crippen molar-refractivity contribution in [2.75, 3.05) is 5.32 Å². The first kappa shape index (κ1) is 13.3. The van der Waals surface area contributed by atoms with Crippen LogP contribution in [-0.4, -0.2) is 15.7 Å². The molecule has 0 fully saturated rings. The molecule has 19 heavy (non-hydrogen) atoms. The van der Waals surface area contributed by atoms with Crippen LogP contribution in [0.15, 0.2) is 35.1 Å². The molecule has 0 aliphatic carbocycles. The lowest BCUT2D eigenvalue weighted by Gasteiger charge is -2.06. The molecule has 0 aliphatic rings. The molecule has 0 bridgehead atoms. The summed E-state index contributed by atoms with van der Waals surface area (Å²) in [7, 11) is 1.49. The predicted molar refractivity (Wildman–Crippen MR) is 73.6 cm³/mol. The highest BCUT2D eigenvalue weighted by molar-refractivity contribution is 6.31. The summed E-state index contributed by atoms with van der Waals surface area (Å²) < 4.78 is 1.11. The first-order valence-electron chi connectivity index (χ1n) is 5.59. The zero-order chi connectivity index (χ0) is 14.0. The molecule has 1 aromatic heterocycles. The highest BCUT2D eigenvalue weighted by Crippen LogP contribution is 2.20. The fourth-order valence-electron chi connectivity index (χ4n) is 1.49. The largest absolute Gasteiger partial charge is 0.321 e. The maximum Gasteiger partial charge on any atom is 0.276 e. The summed E-state index contributed by atoms with van der Waals surface area (Å²) in [5.41, 5.74) is 1.41. The van der Waals surface area contributed by atoms with Crippen molar-refractivity contribution in [3.05, 3.63) is 57.0 Å². The minimum Gasteiger partial charge on any atom is -0.321 e. The van der Waals surface area contributed by atoms with Gasteiger partial charge in [-0.3, -0.25) is 9.59 Å². The number of benzene rings is 1. The molecule has 98 valence electrons. The Bertz CT molecular complexity index is 695. The Balaban J connectivity index is 2.22. The van der Waals surface area contributed by atoms with Crippen molar-refractivity contribution in [3.63, 3.8) is 0 Å². The van der Waals surface area contributed by atoms with E-state index >= 15 is 0 Å². The van der Waals surface area contributed by atoms with Gasteiger partial charge in [0, 0.05) is 23.8 Å². The Morgan fingerprint density at radius 2 is 2.05 bits per heavy atom. The van der Waals surface area contributed by atoms with Gasteiger partial charge in [0.2, 0.25) is 0 Å². The van der Waals surface area contributed by atoms with E-state index in [9.17, 15) is 9.59 Å². The Morgan fingerprint density at radius 1 is 1.32 bits per heavy atom. The zero-order valence-corrected chi connectivity index (χ0v) is 11.2. The molecule has 0 aliphatic heterocycles. The Labute approximate surface area is 114 Å². The molecule has 0 atom stereocenters. The minimum absolute atomic E-state index is 0.166. The van der Waals surface area contributed by atoms with Crippen LogP contribution in [0.4, 0.5) is 5.69 Å². The quantitative estimate of drug-likeness (QED) is 0.913. The predicted octanol–water partition coefficient (Wildman–Crippen LogP) is 1.99. The van der Waals surface area contributed by atoms with Gasteiger partial charge in [0.25, 0.3) is 11.5 Å². The van der Waals surface area contributed by atoms with Gasteiger partial charge < -0.3 is 5.32 Å². The van der Waals surface area contributed by atoms with E-state index < -0.39 is 5.91 Å². The van der Waals surface area contributed by atoms with Crippen molar-refractivity contribution >= 4 is 23.2 Å². The molecular formula is C13H12ClN3O2. The number of anilines is 1. The highest BCUT2D eigenvalue weighted by atomic mass is 35.5. The van der Waals surface area contributed by atoms with Gasteiger partial charge in [-0.25, -0.2) is 4.68 Å². The van der Waals surface area contributed by atoms with E-state index in [0.717, 1.165) is 10.2 Å². The summed E-state index contributed by atoms with van der Waals surface area (Å²) >= 11 is 5.98. The van der Waals surface area contributed by atoms with E-state index in [1.165, 1.54) is 19.2 Å². The number of rotatable bonds is 2. The molecule has 2 rings (SSSR count). The van der Waals surface area contributed by atoms with Gasteiger partial charge in [-0.05, 0) is 30.7 Å². The van der Waals surface area contributed by atoms with Gasteiger partial charge in [-0.2, -0.15) is 5.10 Å². The number of nitrogens with one attached hydrogen (secondary N) is 1. The van der Waals surface area contributed by atoms with Crippen LogP contribution in [0.3, 0.4) is 0 Å². The molecule has 0 saturated carbocycles. The van der Waals surface area contributed by atoms with Gasteiger partial charge in [0.05, 0.1) is 0 Å². The van der Waals surface area contributed by atoms with Gasteiger partial charge in [-0.1, -0.05) is 17.7 Å². The van der Waals surface area contributed by atoms with Crippen LogP contribution in [0.25, 0.3) is 0 Å². The number of nitrogens with zero attached hydrogens (tertiary/aromatic N) is 2. The highest BCUT2D eigenvalue weighted by Gasteiger charge is 2.09. The second kappa shape index (κ2) is 5.24. The number of carbonyl (C=O) groups is 1. The molecule has 1 N–H and O–H groups in total. The number of aryl methyl sites for hydroxylation is 2. The SMILES string of the molecule is Cc1ccc(NC(=O)c2ccc(=O)n(C)n2)cc1Cl. The summed E-state index contributed by atoms with van der Waals surface area (Å²) in [5, 5.41) is 7.11. The maximum absolute atomic E-state index is 11.9. The summed E-state index contributed by atoms with van der Waals surface area (Å²) in [6, 6.07) is 7.90. The van der Waals surface area contributed by atoms with Gasteiger partial charge >= 0.3 is 0 Å². The van der Waals surface area contributed by atoms with Crippen molar-refractivity contribution in [1.29, 1.82) is 0 Å². The molecule has 1 amide bonds. The maximum atomic E-state index is 11.9. The van der Waals surface area contributed by atoms with Crippen LogP contribution in [-0.2, 0) is 7.05 Å². The van der Waals surface area contributed by atoms with Crippen LogP contribution < -0.4 is 10.9 Å². The van der Waals surface area contributed by atoms with E-state index in [4.69, 9.17) is 11.6 Å². The fourth-order valence-corrected chi connectivity index (χ4v) is 1.67. The van der Waals surface area contributed by atoms with E-state index in [-0.39, 0.29) is 11.3 Å². The molecule has 0 saturated heterocycles. The van der Waals surface area contributed by atoms with E-state index in [0.29, 0.717) is 10.7 Å². The third-order valence-electron chi connectivity index (χ3n) is 2.62. The lowest BCUT2D eigenvalue weighted by molar-refractivity contribution is 0.102. The lowest BCUT2D eigenvalue weighted by atomic mass is 10.2. The van der Waals surface area contributed by atoms with Gasteiger partial charge in [0.15, 0.2) is 0 Å². The topological polar surface area (TPSA) is 64.0 Å².